The van der Waals surface area contributed by atoms with Crippen molar-refractivity contribution in [2.24, 2.45) is 0 Å². The van der Waals surface area contributed by atoms with Crippen LogP contribution in [0, 0.1) is 0 Å². The summed E-state index contributed by atoms with van der Waals surface area (Å²) in [6.45, 7) is -0.139. The van der Waals surface area contributed by atoms with Crippen LogP contribution in [0.3, 0.4) is 0 Å². The van der Waals surface area contributed by atoms with Gasteiger partial charge in [0.25, 0.3) is 0 Å². The monoisotopic (exact) mass is 285 g/mol. The summed E-state index contributed by atoms with van der Waals surface area (Å²) in [5.41, 5.74) is -0.756. The summed E-state index contributed by atoms with van der Waals surface area (Å²) in [6, 6.07) is 5.16. The van der Waals surface area contributed by atoms with Crippen molar-refractivity contribution in [1.29, 1.82) is 0 Å². The number of carbonyl (C=O) groups excluding carboxylic acids is 1. The molecule has 0 saturated heterocycles. The van der Waals surface area contributed by atoms with Crippen LogP contribution in [-0.4, -0.2) is 28.1 Å². The molecule has 0 unspecified atom stereocenters. The van der Waals surface area contributed by atoms with Crippen molar-refractivity contribution in [3.8, 4) is 0 Å². The molecular formula is C12H10F3N3O2. The van der Waals surface area contributed by atoms with E-state index in [2.05, 4.69) is 15.0 Å². The van der Waals surface area contributed by atoms with Crippen molar-refractivity contribution in [3.63, 3.8) is 0 Å². The minimum absolute atomic E-state index is 0.0429. The molecule has 1 aromatic carbocycles. The zero-order chi connectivity index (χ0) is 14.8. The fourth-order valence-electron chi connectivity index (χ4n) is 1.68. The van der Waals surface area contributed by atoms with Crippen molar-refractivity contribution in [3.05, 3.63) is 47.3 Å². The topological polar surface area (TPSA) is 57.0 Å². The second kappa shape index (κ2) is 5.32. The maximum absolute atomic E-state index is 12.8. The van der Waals surface area contributed by atoms with Crippen LogP contribution in [0.1, 0.15) is 21.6 Å². The number of rotatable bonds is 3. The zero-order valence-corrected chi connectivity index (χ0v) is 10.4. The smallest absolute Gasteiger partial charge is 0.416 e. The van der Waals surface area contributed by atoms with E-state index in [0.29, 0.717) is 0 Å². The Labute approximate surface area is 112 Å². The molecule has 5 nitrogen and oxygen atoms in total. The predicted molar refractivity (Wildman–Crippen MR) is 61.9 cm³/mol. The molecule has 0 aliphatic carbocycles. The maximum atomic E-state index is 12.8. The number of ether oxygens (including phenoxy) is 1. The first kappa shape index (κ1) is 14.0. The highest BCUT2D eigenvalue weighted by Gasteiger charge is 2.32. The van der Waals surface area contributed by atoms with Gasteiger partial charge in [0, 0.05) is 0 Å². The van der Waals surface area contributed by atoms with Gasteiger partial charge in [-0.2, -0.15) is 13.2 Å². The molecule has 20 heavy (non-hydrogen) atoms. The van der Waals surface area contributed by atoms with Crippen LogP contribution in [0.5, 0.6) is 0 Å². The van der Waals surface area contributed by atoms with E-state index in [1.54, 1.807) is 0 Å². The molecule has 0 spiro atoms. The second-order valence-electron chi connectivity index (χ2n) is 3.95. The van der Waals surface area contributed by atoms with E-state index in [4.69, 9.17) is 0 Å². The molecular weight excluding hydrogens is 275 g/mol. The summed E-state index contributed by atoms with van der Waals surface area (Å²) in [5, 5.41) is 7.13. The molecule has 0 saturated carbocycles. The van der Waals surface area contributed by atoms with Crippen LogP contribution in [0.2, 0.25) is 0 Å². The van der Waals surface area contributed by atoms with Crippen LogP contribution < -0.4 is 0 Å². The number of halogens is 3. The van der Waals surface area contributed by atoms with E-state index < -0.39 is 17.7 Å². The van der Waals surface area contributed by atoms with Gasteiger partial charge in [-0.15, -0.1) is 5.10 Å². The van der Waals surface area contributed by atoms with Crippen molar-refractivity contribution >= 4 is 5.97 Å². The molecule has 1 aromatic heterocycles. The molecule has 0 N–H and O–H groups in total. The molecule has 0 atom stereocenters. The number of esters is 1. The normalized spacial score (nSPS) is 11.4. The van der Waals surface area contributed by atoms with Crippen LogP contribution in [0.15, 0.2) is 30.5 Å². The molecule has 2 aromatic rings. The van der Waals surface area contributed by atoms with Gasteiger partial charge in [-0.1, -0.05) is 23.4 Å². The molecule has 106 valence electrons. The van der Waals surface area contributed by atoms with Gasteiger partial charge in [0.05, 0.1) is 25.4 Å². The molecule has 0 fully saturated rings. The lowest BCUT2D eigenvalue weighted by molar-refractivity contribution is -0.138. The Hall–Kier alpha value is -2.38. The van der Waals surface area contributed by atoms with Crippen LogP contribution in [0.4, 0.5) is 13.2 Å². The average Bonchev–Trinajstić information content (AvgIpc) is 2.86. The lowest BCUT2D eigenvalue weighted by Gasteiger charge is -2.12. The summed E-state index contributed by atoms with van der Waals surface area (Å²) in [7, 11) is 1.18. The molecule has 2 rings (SSSR count). The highest BCUT2D eigenvalue weighted by molar-refractivity contribution is 5.86. The van der Waals surface area contributed by atoms with Gasteiger partial charge in [0.2, 0.25) is 0 Å². The number of hydrogen-bond acceptors (Lipinski definition) is 4. The van der Waals surface area contributed by atoms with Crippen LogP contribution >= 0.6 is 0 Å². The second-order valence-corrected chi connectivity index (χ2v) is 3.95. The number of benzene rings is 1. The molecule has 0 amide bonds. The molecule has 0 radical (unpaired) electrons. The van der Waals surface area contributed by atoms with E-state index in [1.165, 1.54) is 31.5 Å². The van der Waals surface area contributed by atoms with Gasteiger partial charge < -0.3 is 4.74 Å². The van der Waals surface area contributed by atoms with E-state index in [9.17, 15) is 18.0 Å². The summed E-state index contributed by atoms with van der Waals surface area (Å²) in [4.78, 5) is 11.2. The number of alkyl halides is 3. The summed E-state index contributed by atoms with van der Waals surface area (Å²) < 4.78 is 44.1. The largest absolute Gasteiger partial charge is 0.464 e. The van der Waals surface area contributed by atoms with Crippen molar-refractivity contribution in [1.82, 2.24) is 15.0 Å². The van der Waals surface area contributed by atoms with Gasteiger partial charge in [0.15, 0.2) is 5.69 Å². The number of hydrogen-bond donors (Lipinski definition) is 0. The quantitative estimate of drug-likeness (QED) is 0.811. The first-order chi connectivity index (χ1) is 9.41. The summed E-state index contributed by atoms with van der Waals surface area (Å²) >= 11 is 0. The third kappa shape index (κ3) is 2.95. The minimum atomic E-state index is -4.44. The Kier molecular flexibility index (Phi) is 3.73. The predicted octanol–water partition coefficient (Wildman–Crippen LogP) is 2.13. The number of carbonyl (C=O) groups is 1. The Bertz CT molecular complexity index is 622. The minimum Gasteiger partial charge on any atom is -0.464 e. The molecule has 8 heteroatoms. The van der Waals surface area contributed by atoms with Gasteiger partial charge >= 0.3 is 12.1 Å². The van der Waals surface area contributed by atoms with Crippen LogP contribution in [0.25, 0.3) is 0 Å². The number of methoxy groups -OCH3 is 1. The van der Waals surface area contributed by atoms with Gasteiger partial charge in [-0.3, -0.25) is 0 Å². The fraction of sp³-hybridized carbons (Fsp3) is 0.250. The molecule has 0 bridgehead atoms. The van der Waals surface area contributed by atoms with E-state index in [0.717, 1.165) is 10.7 Å². The standard InChI is InChI=1S/C12H10F3N3O2/c1-20-11(19)10-7-18(17-16-10)6-8-4-2-3-5-9(8)12(13,14)15/h2-5,7H,6H2,1H3. The Morgan fingerprint density at radius 3 is 2.70 bits per heavy atom. The fourth-order valence-corrected chi connectivity index (χ4v) is 1.68. The first-order valence-corrected chi connectivity index (χ1v) is 5.55. The molecule has 1 heterocycles. The lowest BCUT2D eigenvalue weighted by atomic mass is 10.1. The molecule has 0 aliphatic heterocycles. The van der Waals surface area contributed by atoms with Gasteiger partial charge in [0.1, 0.15) is 0 Å². The van der Waals surface area contributed by atoms with Crippen LogP contribution in [-0.2, 0) is 17.5 Å². The Balaban J connectivity index is 2.27. The molecule has 0 aliphatic rings. The third-order valence-corrected chi connectivity index (χ3v) is 2.59. The van der Waals surface area contributed by atoms with Gasteiger partial charge in [-0.05, 0) is 11.6 Å². The van der Waals surface area contributed by atoms with Crippen molar-refractivity contribution < 1.29 is 22.7 Å². The van der Waals surface area contributed by atoms with E-state index in [1.807, 2.05) is 0 Å². The SMILES string of the molecule is COC(=O)c1cn(Cc2ccccc2C(F)(F)F)nn1. The van der Waals surface area contributed by atoms with E-state index >= 15 is 0 Å². The average molecular weight is 285 g/mol. The van der Waals surface area contributed by atoms with E-state index in [-0.39, 0.29) is 17.8 Å². The summed E-state index contributed by atoms with van der Waals surface area (Å²) in [5.74, 6) is -0.694. The highest BCUT2D eigenvalue weighted by atomic mass is 19.4. The highest BCUT2D eigenvalue weighted by Crippen LogP contribution is 2.32. The van der Waals surface area contributed by atoms with Crippen molar-refractivity contribution in [2.75, 3.05) is 7.11 Å². The number of nitrogens with zero attached hydrogens (tertiary/aromatic N) is 3. The van der Waals surface area contributed by atoms with Gasteiger partial charge in [-0.25, -0.2) is 9.48 Å². The Morgan fingerprint density at radius 2 is 2.05 bits per heavy atom. The number of aromatic nitrogens is 3. The summed E-state index contributed by atoms with van der Waals surface area (Å²) in [6.07, 6.45) is -3.21. The Morgan fingerprint density at radius 1 is 1.35 bits per heavy atom. The first-order valence-electron chi connectivity index (χ1n) is 5.55. The zero-order valence-electron chi connectivity index (χ0n) is 10.4. The van der Waals surface area contributed by atoms with Crippen molar-refractivity contribution in [2.45, 2.75) is 12.7 Å². The lowest BCUT2D eigenvalue weighted by Crippen LogP contribution is -2.12. The maximum Gasteiger partial charge on any atom is 0.416 e. The third-order valence-electron chi connectivity index (χ3n) is 2.59.